The van der Waals surface area contributed by atoms with Crippen molar-refractivity contribution in [3.63, 3.8) is 0 Å². The summed E-state index contributed by atoms with van der Waals surface area (Å²) in [5.41, 5.74) is 0.108. The predicted molar refractivity (Wildman–Crippen MR) is 68.6 cm³/mol. The van der Waals surface area contributed by atoms with Gasteiger partial charge in [0.2, 0.25) is 0 Å². The summed E-state index contributed by atoms with van der Waals surface area (Å²) in [6.07, 6.45) is 3.76. The van der Waals surface area contributed by atoms with Crippen molar-refractivity contribution in [1.29, 1.82) is 0 Å². The zero-order valence-corrected chi connectivity index (χ0v) is 11.9. The zero-order chi connectivity index (χ0) is 12.2. The highest BCUT2D eigenvalue weighted by Crippen LogP contribution is 2.12. The second-order valence-electron chi connectivity index (χ2n) is 4.88. The van der Waals surface area contributed by atoms with Crippen molar-refractivity contribution in [2.75, 3.05) is 20.3 Å². The predicted octanol–water partition coefficient (Wildman–Crippen LogP) is 2.22. The maximum atomic E-state index is 5.22. The van der Waals surface area contributed by atoms with Crippen molar-refractivity contribution in [3.05, 3.63) is 16.9 Å². The third kappa shape index (κ3) is 4.63. The van der Waals surface area contributed by atoms with Crippen LogP contribution in [0.15, 0.2) is 16.9 Å². The Morgan fingerprint density at radius 2 is 2.25 bits per heavy atom. The van der Waals surface area contributed by atoms with Crippen LogP contribution in [0.25, 0.3) is 0 Å². The van der Waals surface area contributed by atoms with E-state index in [0.29, 0.717) is 6.61 Å². The van der Waals surface area contributed by atoms with E-state index in [9.17, 15) is 0 Å². The summed E-state index contributed by atoms with van der Waals surface area (Å²) in [6, 6.07) is 0.218. The van der Waals surface area contributed by atoms with Crippen molar-refractivity contribution >= 4 is 15.9 Å². The number of nitrogens with one attached hydrogen (secondary N) is 1. The number of nitrogens with zero attached hydrogens (tertiary/aromatic N) is 2. The Morgan fingerprint density at radius 1 is 1.56 bits per heavy atom. The van der Waals surface area contributed by atoms with E-state index in [1.165, 1.54) is 0 Å². The van der Waals surface area contributed by atoms with Crippen LogP contribution >= 0.6 is 15.9 Å². The Kier molecular flexibility index (Phi) is 4.95. The van der Waals surface area contributed by atoms with Crippen molar-refractivity contribution < 1.29 is 4.74 Å². The number of ether oxygens (including phenoxy) is 1. The lowest BCUT2D eigenvalue weighted by atomic mass is 10.1. The number of aromatic nitrogens is 2. The molecule has 1 unspecified atom stereocenters. The molecule has 0 amide bonds. The molecule has 1 heterocycles. The lowest BCUT2D eigenvalue weighted by molar-refractivity contribution is 0.144. The van der Waals surface area contributed by atoms with Crippen LogP contribution in [0, 0.1) is 0 Å². The molecule has 1 aromatic rings. The first-order chi connectivity index (χ1) is 7.42. The Morgan fingerprint density at radius 3 is 2.69 bits per heavy atom. The Hall–Kier alpha value is -0.390. The van der Waals surface area contributed by atoms with Gasteiger partial charge in [0.05, 0.1) is 23.3 Å². The van der Waals surface area contributed by atoms with Crippen LogP contribution in [0.1, 0.15) is 26.8 Å². The molecule has 0 aliphatic rings. The average molecular weight is 290 g/mol. The summed E-state index contributed by atoms with van der Waals surface area (Å²) in [4.78, 5) is 0. The minimum absolute atomic E-state index is 0.108. The van der Waals surface area contributed by atoms with Gasteiger partial charge < -0.3 is 10.1 Å². The lowest BCUT2D eigenvalue weighted by Crippen LogP contribution is -2.40. The first kappa shape index (κ1) is 13.7. The minimum Gasteiger partial charge on any atom is -0.382 e. The third-order valence-corrected chi connectivity index (χ3v) is 2.58. The topological polar surface area (TPSA) is 39.1 Å². The van der Waals surface area contributed by atoms with Gasteiger partial charge in [-0.05, 0) is 36.7 Å². The number of methoxy groups -OCH3 is 1. The van der Waals surface area contributed by atoms with Gasteiger partial charge in [-0.2, -0.15) is 5.10 Å². The van der Waals surface area contributed by atoms with E-state index in [4.69, 9.17) is 4.74 Å². The third-order valence-electron chi connectivity index (χ3n) is 2.17. The fourth-order valence-electron chi connectivity index (χ4n) is 1.36. The van der Waals surface area contributed by atoms with Gasteiger partial charge in [0.25, 0.3) is 0 Å². The van der Waals surface area contributed by atoms with Crippen LogP contribution in [-0.2, 0) is 4.74 Å². The summed E-state index contributed by atoms with van der Waals surface area (Å²) >= 11 is 3.40. The Bertz CT molecular complexity index is 319. The van der Waals surface area contributed by atoms with Gasteiger partial charge in [-0.25, -0.2) is 0 Å². The molecule has 92 valence electrons. The van der Waals surface area contributed by atoms with Gasteiger partial charge in [0, 0.05) is 25.4 Å². The fraction of sp³-hybridized carbons (Fsp3) is 0.727. The highest BCUT2D eigenvalue weighted by Gasteiger charge is 2.16. The highest BCUT2D eigenvalue weighted by molar-refractivity contribution is 9.10. The van der Waals surface area contributed by atoms with Crippen molar-refractivity contribution in [2.24, 2.45) is 0 Å². The van der Waals surface area contributed by atoms with Gasteiger partial charge in [-0.3, -0.25) is 4.68 Å². The van der Waals surface area contributed by atoms with Gasteiger partial charge in [-0.1, -0.05) is 0 Å². The van der Waals surface area contributed by atoms with Crippen LogP contribution < -0.4 is 5.32 Å². The van der Waals surface area contributed by atoms with E-state index in [-0.39, 0.29) is 11.6 Å². The van der Waals surface area contributed by atoms with Crippen LogP contribution in [-0.4, -0.2) is 35.6 Å². The quantitative estimate of drug-likeness (QED) is 0.903. The van der Waals surface area contributed by atoms with Crippen molar-refractivity contribution in [3.8, 4) is 0 Å². The summed E-state index contributed by atoms with van der Waals surface area (Å²) < 4.78 is 8.13. The monoisotopic (exact) mass is 289 g/mol. The molecular formula is C11H20BrN3O. The standard InChI is InChI=1S/C11H20BrN3O/c1-11(2,3)13-6-10(8-16-4)15-7-9(12)5-14-15/h5,7,10,13H,6,8H2,1-4H3. The van der Waals surface area contributed by atoms with Crippen molar-refractivity contribution in [2.45, 2.75) is 32.4 Å². The molecule has 0 bridgehead atoms. The first-order valence-corrected chi connectivity index (χ1v) is 6.15. The smallest absolute Gasteiger partial charge is 0.0877 e. The highest BCUT2D eigenvalue weighted by atomic mass is 79.9. The molecule has 1 atom stereocenters. The summed E-state index contributed by atoms with van der Waals surface area (Å²) in [7, 11) is 1.71. The van der Waals surface area contributed by atoms with Crippen molar-refractivity contribution in [1.82, 2.24) is 15.1 Å². The van der Waals surface area contributed by atoms with E-state index < -0.39 is 0 Å². The number of rotatable bonds is 5. The lowest BCUT2D eigenvalue weighted by Gasteiger charge is -2.25. The van der Waals surface area contributed by atoms with E-state index in [1.807, 2.05) is 10.9 Å². The van der Waals surface area contributed by atoms with Gasteiger partial charge >= 0.3 is 0 Å². The molecular weight excluding hydrogens is 270 g/mol. The van der Waals surface area contributed by atoms with E-state index >= 15 is 0 Å². The largest absolute Gasteiger partial charge is 0.382 e. The SMILES string of the molecule is COCC(CNC(C)(C)C)n1cc(Br)cn1. The summed E-state index contributed by atoms with van der Waals surface area (Å²) in [6.45, 7) is 7.93. The zero-order valence-electron chi connectivity index (χ0n) is 10.3. The molecule has 0 aliphatic carbocycles. The van der Waals surface area contributed by atoms with E-state index in [1.54, 1.807) is 13.3 Å². The normalized spacial score (nSPS) is 14.1. The Balaban J connectivity index is 2.61. The fourth-order valence-corrected chi connectivity index (χ4v) is 1.66. The molecule has 0 saturated carbocycles. The average Bonchev–Trinajstić information content (AvgIpc) is 2.57. The van der Waals surface area contributed by atoms with Crippen LogP contribution in [0.5, 0.6) is 0 Å². The molecule has 0 fully saturated rings. The second kappa shape index (κ2) is 5.80. The van der Waals surface area contributed by atoms with E-state index in [2.05, 4.69) is 47.1 Å². The molecule has 0 saturated heterocycles. The van der Waals surface area contributed by atoms with Crippen LogP contribution in [0.4, 0.5) is 0 Å². The molecule has 1 N–H and O–H groups in total. The molecule has 5 heteroatoms. The molecule has 1 aromatic heterocycles. The minimum atomic E-state index is 0.108. The molecule has 0 spiro atoms. The van der Waals surface area contributed by atoms with Gasteiger partial charge in [0.15, 0.2) is 0 Å². The first-order valence-electron chi connectivity index (χ1n) is 5.36. The second-order valence-corrected chi connectivity index (χ2v) is 5.79. The number of hydrogen-bond acceptors (Lipinski definition) is 3. The maximum Gasteiger partial charge on any atom is 0.0877 e. The molecule has 1 rings (SSSR count). The maximum absolute atomic E-state index is 5.22. The summed E-state index contributed by atoms with van der Waals surface area (Å²) in [5, 5.41) is 7.74. The Labute approximate surface area is 105 Å². The number of hydrogen-bond donors (Lipinski definition) is 1. The van der Waals surface area contributed by atoms with Gasteiger partial charge in [-0.15, -0.1) is 0 Å². The number of halogens is 1. The molecule has 0 aromatic carbocycles. The van der Waals surface area contributed by atoms with Crippen LogP contribution in [0.2, 0.25) is 0 Å². The van der Waals surface area contributed by atoms with Crippen LogP contribution in [0.3, 0.4) is 0 Å². The molecule has 0 aliphatic heterocycles. The summed E-state index contributed by atoms with van der Waals surface area (Å²) in [5.74, 6) is 0. The molecule has 16 heavy (non-hydrogen) atoms. The van der Waals surface area contributed by atoms with E-state index in [0.717, 1.165) is 11.0 Å². The molecule has 4 nitrogen and oxygen atoms in total. The molecule has 0 radical (unpaired) electrons. The van der Waals surface area contributed by atoms with Gasteiger partial charge in [0.1, 0.15) is 0 Å².